The van der Waals surface area contributed by atoms with Crippen molar-refractivity contribution in [3.8, 4) is 0 Å². The quantitative estimate of drug-likeness (QED) is 0.235. The summed E-state index contributed by atoms with van der Waals surface area (Å²) in [5.41, 5.74) is 5.04. The molecule has 1 heterocycles. The summed E-state index contributed by atoms with van der Waals surface area (Å²) in [6, 6.07) is 0. The summed E-state index contributed by atoms with van der Waals surface area (Å²) in [4.78, 5) is 0. The average Bonchev–Trinajstić information content (AvgIpc) is 2.08. The fraction of sp³-hybridized carbons (Fsp3) is 1.00. The molecule has 0 spiro atoms. The van der Waals surface area contributed by atoms with Gasteiger partial charge >= 0.3 is 0 Å². The molecule has 7 N–H and O–H groups in total. The van der Waals surface area contributed by atoms with Crippen molar-refractivity contribution in [2.45, 2.75) is 30.3 Å². The molecule has 0 aromatic carbocycles. The number of nitrogens with two attached hydrogens (primary N) is 1. The fourth-order valence-corrected chi connectivity index (χ4v) is 1.18. The summed E-state index contributed by atoms with van der Waals surface area (Å²) in [6.45, 7) is -0.621. The zero-order valence-electron chi connectivity index (χ0n) is 6.74. The Kier molecular flexibility index (Phi) is 2.88. The third-order valence-corrected chi connectivity index (χ3v) is 2.00. The highest BCUT2D eigenvalue weighted by Crippen LogP contribution is 2.23. The van der Waals surface area contributed by atoms with E-state index < -0.39 is 36.9 Å². The molecule has 1 fully saturated rings. The Morgan fingerprint density at radius 3 is 2.23 bits per heavy atom. The second-order valence-corrected chi connectivity index (χ2v) is 3.02. The van der Waals surface area contributed by atoms with Gasteiger partial charge in [-0.3, -0.25) is 5.73 Å². The highest BCUT2D eigenvalue weighted by Gasteiger charge is 2.50. The van der Waals surface area contributed by atoms with Crippen molar-refractivity contribution in [3.05, 3.63) is 0 Å². The van der Waals surface area contributed by atoms with Crippen molar-refractivity contribution in [2.24, 2.45) is 5.73 Å². The topological polar surface area (TPSA) is 136 Å². The van der Waals surface area contributed by atoms with E-state index >= 15 is 0 Å². The predicted molar refractivity (Wildman–Crippen MR) is 39.1 cm³/mol. The number of aliphatic hydroxyl groups is 5. The maximum atomic E-state index is 9.18. The van der Waals surface area contributed by atoms with Gasteiger partial charge in [0.25, 0.3) is 5.91 Å². The van der Waals surface area contributed by atoms with Crippen molar-refractivity contribution in [1.29, 1.82) is 0 Å². The lowest BCUT2D eigenvalue weighted by molar-refractivity contribution is -0.346. The SMILES string of the molecule is N[C@@]1(O)O[C@H](CO)[C@@H](O)[C@H](O)[C@H]1O. The second-order valence-electron chi connectivity index (χ2n) is 3.02. The molecular weight excluding hydrogens is 182 g/mol. The summed E-state index contributed by atoms with van der Waals surface area (Å²) in [5, 5.41) is 45.2. The van der Waals surface area contributed by atoms with E-state index in [1.807, 2.05) is 0 Å². The molecule has 1 saturated heterocycles. The molecular formula is C6H13NO6. The molecule has 5 atom stereocenters. The smallest absolute Gasteiger partial charge is 0.252 e. The highest BCUT2D eigenvalue weighted by atomic mass is 16.7. The van der Waals surface area contributed by atoms with Gasteiger partial charge in [0.05, 0.1) is 6.61 Å². The van der Waals surface area contributed by atoms with Gasteiger partial charge in [-0.05, 0) is 0 Å². The third-order valence-electron chi connectivity index (χ3n) is 2.00. The Hall–Kier alpha value is -0.280. The second kappa shape index (κ2) is 3.46. The van der Waals surface area contributed by atoms with E-state index in [2.05, 4.69) is 4.74 Å². The van der Waals surface area contributed by atoms with Gasteiger partial charge in [-0.25, -0.2) is 0 Å². The van der Waals surface area contributed by atoms with E-state index in [4.69, 9.17) is 26.2 Å². The van der Waals surface area contributed by atoms with Crippen LogP contribution in [-0.2, 0) is 4.74 Å². The highest BCUT2D eigenvalue weighted by molar-refractivity contribution is 4.92. The first kappa shape index (κ1) is 10.8. The van der Waals surface area contributed by atoms with Gasteiger partial charge in [-0.2, -0.15) is 0 Å². The first-order valence-electron chi connectivity index (χ1n) is 3.74. The minimum absolute atomic E-state index is 0.621. The molecule has 0 bridgehead atoms. The van der Waals surface area contributed by atoms with Crippen molar-refractivity contribution >= 4 is 0 Å². The summed E-state index contributed by atoms with van der Waals surface area (Å²) < 4.78 is 4.54. The molecule has 78 valence electrons. The average molecular weight is 195 g/mol. The third kappa shape index (κ3) is 1.81. The van der Waals surface area contributed by atoms with Crippen LogP contribution in [0.5, 0.6) is 0 Å². The van der Waals surface area contributed by atoms with Gasteiger partial charge in [0.15, 0.2) is 6.10 Å². The molecule has 0 aromatic rings. The molecule has 7 nitrogen and oxygen atoms in total. The van der Waals surface area contributed by atoms with Crippen LogP contribution in [0.15, 0.2) is 0 Å². The number of ether oxygens (including phenoxy) is 1. The largest absolute Gasteiger partial charge is 0.394 e. The summed E-state index contributed by atoms with van der Waals surface area (Å²) in [5.74, 6) is -2.45. The molecule has 1 aliphatic heterocycles. The normalized spacial score (nSPS) is 52.2. The number of rotatable bonds is 1. The Morgan fingerprint density at radius 1 is 1.23 bits per heavy atom. The lowest BCUT2D eigenvalue weighted by Gasteiger charge is -2.42. The zero-order chi connectivity index (χ0) is 10.2. The van der Waals surface area contributed by atoms with Crippen LogP contribution in [0.25, 0.3) is 0 Å². The Balaban J connectivity index is 2.79. The fourth-order valence-electron chi connectivity index (χ4n) is 1.18. The van der Waals surface area contributed by atoms with Gasteiger partial charge in [-0.1, -0.05) is 0 Å². The molecule has 13 heavy (non-hydrogen) atoms. The van der Waals surface area contributed by atoms with E-state index in [1.165, 1.54) is 0 Å². The maximum Gasteiger partial charge on any atom is 0.252 e. The van der Waals surface area contributed by atoms with Crippen LogP contribution in [0.2, 0.25) is 0 Å². The minimum Gasteiger partial charge on any atom is -0.394 e. The minimum atomic E-state index is -2.45. The van der Waals surface area contributed by atoms with E-state index in [0.717, 1.165) is 0 Å². The van der Waals surface area contributed by atoms with Crippen molar-refractivity contribution in [1.82, 2.24) is 0 Å². The molecule has 0 aliphatic carbocycles. The van der Waals surface area contributed by atoms with Crippen molar-refractivity contribution in [3.63, 3.8) is 0 Å². The van der Waals surface area contributed by atoms with Crippen molar-refractivity contribution in [2.75, 3.05) is 6.61 Å². The van der Waals surface area contributed by atoms with E-state index in [0.29, 0.717) is 0 Å². The van der Waals surface area contributed by atoms with Gasteiger partial charge < -0.3 is 30.3 Å². The van der Waals surface area contributed by atoms with Crippen LogP contribution < -0.4 is 5.73 Å². The summed E-state index contributed by atoms with van der Waals surface area (Å²) >= 11 is 0. The molecule has 1 aliphatic rings. The molecule has 1 rings (SSSR count). The zero-order valence-corrected chi connectivity index (χ0v) is 6.74. The standard InChI is InChI=1S/C6H13NO6/c7-6(12)5(11)4(10)3(9)2(1-8)13-6/h2-5,8-12H,1,7H2/t2-,3-,4+,5-,6+/m1/s1. The van der Waals surface area contributed by atoms with E-state index in [1.54, 1.807) is 0 Å². The van der Waals surface area contributed by atoms with Gasteiger partial charge in [0.1, 0.15) is 18.3 Å². The number of hydrogen-bond donors (Lipinski definition) is 6. The van der Waals surface area contributed by atoms with E-state index in [9.17, 15) is 5.11 Å². The first-order chi connectivity index (χ1) is 5.90. The van der Waals surface area contributed by atoms with Crippen LogP contribution in [-0.4, -0.2) is 62.5 Å². The first-order valence-corrected chi connectivity index (χ1v) is 3.74. The van der Waals surface area contributed by atoms with Gasteiger partial charge in [0.2, 0.25) is 0 Å². The van der Waals surface area contributed by atoms with Gasteiger partial charge in [-0.15, -0.1) is 0 Å². The molecule has 0 unspecified atom stereocenters. The Labute approximate surface area is 74.0 Å². The van der Waals surface area contributed by atoms with Crippen LogP contribution in [0.1, 0.15) is 0 Å². The molecule has 0 radical (unpaired) electrons. The van der Waals surface area contributed by atoms with Crippen LogP contribution in [0.3, 0.4) is 0 Å². The van der Waals surface area contributed by atoms with Crippen LogP contribution in [0.4, 0.5) is 0 Å². The summed E-state index contributed by atoms with van der Waals surface area (Å²) in [7, 11) is 0. The maximum absolute atomic E-state index is 9.18. The number of hydrogen-bond acceptors (Lipinski definition) is 7. The molecule has 0 aromatic heterocycles. The van der Waals surface area contributed by atoms with Gasteiger partial charge in [0, 0.05) is 0 Å². The lowest BCUT2D eigenvalue weighted by atomic mass is 9.97. The Morgan fingerprint density at radius 2 is 1.77 bits per heavy atom. The van der Waals surface area contributed by atoms with Crippen LogP contribution in [0, 0.1) is 0 Å². The van der Waals surface area contributed by atoms with Crippen molar-refractivity contribution < 1.29 is 30.3 Å². The lowest BCUT2D eigenvalue weighted by Crippen LogP contribution is -2.69. The van der Waals surface area contributed by atoms with Crippen LogP contribution >= 0.6 is 0 Å². The molecule has 0 amide bonds. The predicted octanol–water partition coefficient (Wildman–Crippen LogP) is -3.94. The molecule has 0 saturated carbocycles. The van der Waals surface area contributed by atoms with E-state index in [-0.39, 0.29) is 0 Å². The summed E-state index contributed by atoms with van der Waals surface area (Å²) in [6.07, 6.45) is -6.16. The molecule has 7 heteroatoms. The Bertz CT molecular complexity index is 184. The monoisotopic (exact) mass is 195 g/mol. The number of aliphatic hydroxyl groups excluding tert-OH is 4.